The average molecular weight is 724 g/mol. The smallest absolute Gasteiger partial charge is 0.407 e. The largest absolute Gasteiger partial charge is 0.453 e. The molecule has 5 amide bonds. The maximum absolute atomic E-state index is 13.0. The number of rotatable bonds is 16. The number of carbonyl (C=O) groups excluding carboxylic acids is 4. The van der Waals surface area contributed by atoms with Crippen LogP contribution in [-0.4, -0.2) is 81.6 Å². The normalized spacial score (nSPS) is 13.5. The minimum atomic E-state index is -1.02. The van der Waals surface area contributed by atoms with Crippen LogP contribution in [-0.2, 0) is 27.3 Å². The number of nitrogens with two attached hydrogens (primary N) is 1. The first kappa shape index (κ1) is 38.4. The minimum absolute atomic E-state index is 0.162. The topological polar surface area (TPSA) is 200 Å². The molecule has 1 unspecified atom stereocenters. The second-order valence-corrected chi connectivity index (χ2v) is 14.3. The van der Waals surface area contributed by atoms with E-state index in [0.717, 1.165) is 70.9 Å². The third kappa shape index (κ3) is 11.6. The first-order valence-electron chi connectivity index (χ1n) is 18.0. The Labute approximate surface area is 309 Å². The number of fused-ring (bicyclic) bond motifs is 1. The Balaban J connectivity index is 1.11. The molecule has 0 radical (unpaired) electrons. The number of nitrogens with one attached hydrogen (secondary N) is 5. The summed E-state index contributed by atoms with van der Waals surface area (Å²) in [4.78, 5) is 66.1. The van der Waals surface area contributed by atoms with Crippen molar-refractivity contribution >= 4 is 35.0 Å². The van der Waals surface area contributed by atoms with Gasteiger partial charge in [0.2, 0.25) is 11.8 Å². The first-order valence-corrected chi connectivity index (χ1v) is 18.0. The number of carbonyl (C=O) groups is 4. The Morgan fingerprint density at radius 2 is 1.74 bits per heavy atom. The van der Waals surface area contributed by atoms with Crippen molar-refractivity contribution in [3.63, 3.8) is 0 Å². The fourth-order valence-corrected chi connectivity index (χ4v) is 5.82. The molecule has 2 heterocycles. The Morgan fingerprint density at radius 3 is 2.43 bits per heavy atom. The molecule has 1 atom stereocenters. The summed E-state index contributed by atoms with van der Waals surface area (Å²) in [6, 6.07) is 12.1. The predicted molar refractivity (Wildman–Crippen MR) is 201 cm³/mol. The van der Waals surface area contributed by atoms with E-state index in [4.69, 9.17) is 10.7 Å². The predicted octanol–water partition coefficient (Wildman–Crippen LogP) is 4.36. The van der Waals surface area contributed by atoms with Crippen molar-refractivity contribution in [3.05, 3.63) is 71.4 Å². The number of hydrogen-bond donors (Lipinski definition) is 6. The van der Waals surface area contributed by atoms with E-state index in [1.54, 1.807) is 6.20 Å². The number of aromatic nitrogens is 4. The zero-order valence-electron chi connectivity index (χ0n) is 30.8. The van der Waals surface area contributed by atoms with Crippen LogP contribution in [0.2, 0.25) is 0 Å². The van der Waals surface area contributed by atoms with Crippen molar-refractivity contribution in [2.75, 3.05) is 26.7 Å². The third-order valence-corrected chi connectivity index (χ3v) is 9.07. The molecule has 4 aromatic rings. The highest BCUT2D eigenvalue weighted by atomic mass is 16.5. The van der Waals surface area contributed by atoms with Gasteiger partial charge in [0.05, 0.1) is 36.6 Å². The summed E-state index contributed by atoms with van der Waals surface area (Å²) in [7, 11) is 1.18. The fraction of sp³-hybridized carbons (Fsp3) is 0.436. The number of ether oxygens (including phenoxy) is 1. The summed E-state index contributed by atoms with van der Waals surface area (Å²) >= 11 is 0. The summed E-state index contributed by atoms with van der Waals surface area (Å²) in [5.74, 6) is 8.15. The van der Waals surface area contributed by atoms with Gasteiger partial charge in [0.25, 0.3) is 0 Å². The molecular formula is C39H49N9O5. The standard InChI is InChI=1S/C39H49N9O5/c1-25(2)19-35(49)48(24-39(3)16-17-39)23-34-44-29-15-12-27(20-30(29)45-34)9-8-26-10-13-28(14-11-26)31-21-42-33(46-31)7-5-6-18-41-36(50)32(22-43-37(40)51)47-38(52)53-4/h10-15,20-21,25,32H,5-7,16-19,22-24H2,1-4H3,(H,41,50)(H,42,46)(H,44,45)(H,47,52)(H3,40,43,51). The number of hydrogen-bond acceptors (Lipinski definition) is 7. The van der Waals surface area contributed by atoms with Crippen molar-refractivity contribution in [1.82, 2.24) is 40.8 Å². The van der Waals surface area contributed by atoms with Crippen LogP contribution in [0.1, 0.15) is 75.7 Å². The number of methoxy groups -OCH3 is 1. The van der Waals surface area contributed by atoms with Gasteiger partial charge in [-0.25, -0.2) is 19.6 Å². The lowest BCUT2D eigenvalue weighted by Gasteiger charge is -2.26. The van der Waals surface area contributed by atoms with Gasteiger partial charge < -0.3 is 41.3 Å². The molecule has 1 aliphatic rings. The Kier molecular flexibility index (Phi) is 12.7. The molecule has 14 heteroatoms. The number of benzene rings is 2. The number of aryl methyl sites for hydroxylation is 1. The van der Waals surface area contributed by atoms with E-state index in [2.05, 4.69) is 68.3 Å². The lowest BCUT2D eigenvalue weighted by Crippen LogP contribution is -2.53. The number of unbranched alkanes of at least 4 members (excludes halogenated alkanes) is 1. The zero-order valence-corrected chi connectivity index (χ0v) is 30.8. The fourth-order valence-electron chi connectivity index (χ4n) is 5.82. The highest BCUT2D eigenvalue weighted by molar-refractivity contribution is 5.86. The van der Waals surface area contributed by atoms with E-state index in [0.29, 0.717) is 38.3 Å². The Hall–Kier alpha value is -5.84. The van der Waals surface area contributed by atoms with Crippen molar-refractivity contribution in [2.24, 2.45) is 17.1 Å². The molecule has 1 aliphatic carbocycles. The zero-order chi connectivity index (χ0) is 38.0. The van der Waals surface area contributed by atoms with Gasteiger partial charge in [-0.05, 0) is 72.9 Å². The number of primary amides is 1. The van der Waals surface area contributed by atoms with Gasteiger partial charge >= 0.3 is 12.1 Å². The molecule has 1 fully saturated rings. The SMILES string of the molecule is COC(=O)NC(CNC(N)=O)C(=O)NCCCCc1ncc(-c2ccc(C#Cc3ccc4nc(CN(CC5(C)CC5)C(=O)CC(C)C)[nH]c4c3)cc2)[nH]1. The van der Waals surface area contributed by atoms with Crippen LogP contribution in [0.25, 0.3) is 22.3 Å². The maximum atomic E-state index is 13.0. The van der Waals surface area contributed by atoms with E-state index >= 15 is 0 Å². The molecule has 280 valence electrons. The minimum Gasteiger partial charge on any atom is -0.453 e. The highest BCUT2D eigenvalue weighted by Gasteiger charge is 2.40. The first-order chi connectivity index (χ1) is 25.4. The molecule has 14 nitrogen and oxygen atoms in total. The van der Waals surface area contributed by atoms with Gasteiger partial charge in [-0.3, -0.25) is 9.59 Å². The molecule has 5 rings (SSSR count). The molecule has 0 spiro atoms. The second kappa shape index (κ2) is 17.6. The second-order valence-electron chi connectivity index (χ2n) is 14.3. The van der Waals surface area contributed by atoms with E-state index in [-0.39, 0.29) is 17.9 Å². The van der Waals surface area contributed by atoms with Gasteiger partial charge in [-0.1, -0.05) is 44.7 Å². The van der Waals surface area contributed by atoms with E-state index in [1.165, 1.54) is 7.11 Å². The Morgan fingerprint density at radius 1 is 1.00 bits per heavy atom. The van der Waals surface area contributed by atoms with Crippen molar-refractivity contribution in [3.8, 4) is 23.1 Å². The maximum Gasteiger partial charge on any atom is 0.407 e. The van der Waals surface area contributed by atoms with Crippen LogP contribution in [0.5, 0.6) is 0 Å². The van der Waals surface area contributed by atoms with Crippen LogP contribution < -0.4 is 21.7 Å². The van der Waals surface area contributed by atoms with Gasteiger partial charge in [0, 0.05) is 43.6 Å². The lowest BCUT2D eigenvalue weighted by molar-refractivity contribution is -0.133. The van der Waals surface area contributed by atoms with Crippen LogP contribution in [0.3, 0.4) is 0 Å². The summed E-state index contributed by atoms with van der Waals surface area (Å²) in [5.41, 5.74) is 10.7. The summed E-state index contributed by atoms with van der Waals surface area (Å²) < 4.78 is 4.54. The molecule has 2 aromatic carbocycles. The van der Waals surface area contributed by atoms with Gasteiger partial charge in [0.15, 0.2) is 0 Å². The van der Waals surface area contributed by atoms with Crippen molar-refractivity contribution in [1.29, 1.82) is 0 Å². The van der Waals surface area contributed by atoms with Crippen molar-refractivity contribution < 1.29 is 23.9 Å². The van der Waals surface area contributed by atoms with Crippen LogP contribution >= 0.6 is 0 Å². The number of H-pyrrole nitrogens is 2. The van der Waals surface area contributed by atoms with E-state index in [1.807, 2.05) is 47.4 Å². The monoisotopic (exact) mass is 723 g/mol. The molecule has 7 N–H and O–H groups in total. The number of aromatic amines is 2. The number of urea groups is 1. The molecule has 53 heavy (non-hydrogen) atoms. The highest BCUT2D eigenvalue weighted by Crippen LogP contribution is 2.45. The third-order valence-electron chi connectivity index (χ3n) is 9.07. The van der Waals surface area contributed by atoms with E-state index in [9.17, 15) is 19.2 Å². The van der Waals surface area contributed by atoms with Crippen LogP contribution in [0, 0.1) is 23.2 Å². The average Bonchev–Trinajstić information content (AvgIpc) is 3.46. The summed E-state index contributed by atoms with van der Waals surface area (Å²) in [6.07, 6.45) is 5.98. The molecule has 0 bridgehead atoms. The number of amides is 5. The number of alkyl carbamates (subject to hydrolysis) is 1. The van der Waals surface area contributed by atoms with Crippen LogP contribution in [0.15, 0.2) is 48.7 Å². The lowest BCUT2D eigenvalue weighted by atomic mass is 10.1. The van der Waals surface area contributed by atoms with Gasteiger partial charge in [-0.2, -0.15) is 0 Å². The summed E-state index contributed by atoms with van der Waals surface area (Å²) in [6.45, 7) is 7.84. The van der Waals surface area contributed by atoms with Gasteiger partial charge in [0.1, 0.15) is 17.7 Å². The number of nitrogens with zero attached hydrogens (tertiary/aromatic N) is 3. The Bertz CT molecular complexity index is 1970. The number of imidazole rings is 2. The molecule has 0 aliphatic heterocycles. The summed E-state index contributed by atoms with van der Waals surface area (Å²) in [5, 5.41) is 7.43. The molecule has 1 saturated carbocycles. The molecular weight excluding hydrogens is 674 g/mol. The molecule has 0 saturated heterocycles. The van der Waals surface area contributed by atoms with Crippen LogP contribution in [0.4, 0.5) is 9.59 Å². The van der Waals surface area contributed by atoms with Crippen molar-refractivity contribution in [2.45, 2.75) is 71.9 Å². The van der Waals surface area contributed by atoms with Gasteiger partial charge in [-0.15, -0.1) is 0 Å². The molecule has 2 aromatic heterocycles. The quantitative estimate of drug-likeness (QED) is 0.0729. The van der Waals surface area contributed by atoms with E-state index < -0.39 is 24.1 Å².